The number of ether oxygens (including phenoxy) is 7. The highest BCUT2D eigenvalue weighted by atomic mass is 35.5. The number of benzene rings is 2. The number of unbranched alkanes of at least 4 members (excludes halogenated alkanes) is 2. The van der Waals surface area contributed by atoms with Crippen LogP contribution in [0.2, 0.25) is 0 Å². The largest absolute Gasteiger partial charge is 0.459 e. The minimum absolute atomic E-state index is 0.00128. The fourth-order valence-corrected chi connectivity index (χ4v) is 9.74. The van der Waals surface area contributed by atoms with Gasteiger partial charge in [0.2, 0.25) is 18.9 Å². The molecule has 1 saturated carbocycles. The molecule has 5 aliphatic rings. The lowest BCUT2D eigenvalue weighted by molar-refractivity contribution is -0.256. The molecule has 0 aromatic heterocycles. The molecule has 2 aromatic rings. The van der Waals surface area contributed by atoms with Gasteiger partial charge in [-0.3, -0.25) is 4.90 Å². The van der Waals surface area contributed by atoms with Crippen LogP contribution in [-0.4, -0.2) is 103 Å². The van der Waals surface area contributed by atoms with E-state index in [1.165, 1.54) is 0 Å². The molecule has 7 unspecified atom stereocenters. The highest BCUT2D eigenvalue weighted by molar-refractivity contribution is 6.18. The lowest BCUT2D eigenvalue weighted by Crippen LogP contribution is -2.70. The summed E-state index contributed by atoms with van der Waals surface area (Å²) >= 11 is 6.11. The van der Waals surface area contributed by atoms with Gasteiger partial charge in [0.1, 0.15) is 24.1 Å². The number of nitrogens with zero attached hydrogens (tertiary/aromatic N) is 2. The summed E-state index contributed by atoms with van der Waals surface area (Å²) < 4.78 is 43.3. The molecule has 7 atom stereocenters. The van der Waals surface area contributed by atoms with E-state index in [-0.39, 0.29) is 69.8 Å². The van der Waals surface area contributed by atoms with E-state index in [1.807, 2.05) is 31.2 Å². The highest BCUT2D eigenvalue weighted by Gasteiger charge is 2.66. The van der Waals surface area contributed by atoms with Crippen molar-refractivity contribution in [1.29, 1.82) is 0 Å². The Bertz CT molecular complexity index is 1920. The van der Waals surface area contributed by atoms with E-state index < -0.39 is 36.2 Å². The first kappa shape index (κ1) is 45.5. The number of nitrogens with one attached hydrogen (secondary N) is 1. The van der Waals surface area contributed by atoms with E-state index in [9.17, 15) is 19.8 Å². The Kier molecular flexibility index (Phi) is 15.9. The third-order valence-corrected chi connectivity index (χ3v) is 12.5. The summed E-state index contributed by atoms with van der Waals surface area (Å²) in [6, 6.07) is 10.0. The van der Waals surface area contributed by atoms with E-state index in [0.717, 1.165) is 55.2 Å². The zero-order chi connectivity index (χ0) is 43.5. The molecule has 2 fully saturated rings. The molecule has 2 amide bonds. The molecule has 7 rings (SSSR count). The average Bonchev–Trinajstić information content (AvgIpc) is 3.76. The Balaban J connectivity index is 1.44. The Hall–Kier alpha value is -4.54. The van der Waals surface area contributed by atoms with Gasteiger partial charge in [0, 0.05) is 50.6 Å². The van der Waals surface area contributed by atoms with Gasteiger partial charge < -0.3 is 53.5 Å². The van der Waals surface area contributed by atoms with Crippen LogP contribution in [0.5, 0.6) is 23.0 Å². The minimum Gasteiger partial charge on any atom is -0.459 e. The van der Waals surface area contributed by atoms with Gasteiger partial charge in [-0.15, -0.1) is 18.2 Å². The van der Waals surface area contributed by atoms with E-state index >= 15 is 0 Å². The SMILES string of the molecule is C=CCOC12Oc3ccc(OC(=O)NCC)cc3C3C(CCCCO)C(CCCCO)C=C(C(=NOC4CCCCO4)CC1N(Cc1ccc4c(c1)OCO4)C(=O)OCCCl)C32. The standard InChI is InChI=1S/C46H60ClN3O12/c1-3-21-59-46-40(50(45(54)56-23-18-47)28-30-14-16-38-39(24-30)58-29-57-38)27-36(49-62-41-13-7-10-22-55-41)34-25-31(11-5-8-19-51)33(12-6-9-20-52)42(43(34)46)35-26-32(15-17-37(35)61-46)60-44(53)48-4-2/h3,14-17,24-26,31,33,40-43,51-52H,1,4-13,18-23,27-29H2,2H3,(H,48,53). The zero-order valence-electron chi connectivity index (χ0n) is 35.5. The van der Waals surface area contributed by atoms with Crippen LogP contribution in [0.3, 0.4) is 0 Å². The van der Waals surface area contributed by atoms with Gasteiger partial charge in [-0.05, 0) is 98.8 Å². The van der Waals surface area contributed by atoms with Gasteiger partial charge in [-0.25, -0.2) is 9.59 Å². The third-order valence-electron chi connectivity index (χ3n) is 12.3. The van der Waals surface area contributed by atoms with Crippen molar-refractivity contribution >= 4 is 29.5 Å². The van der Waals surface area contributed by atoms with E-state index in [0.29, 0.717) is 61.1 Å². The molecule has 2 aromatic carbocycles. The van der Waals surface area contributed by atoms with Crippen LogP contribution in [0.25, 0.3) is 0 Å². The number of aliphatic hydroxyl groups excluding tert-OH is 2. The Morgan fingerprint density at radius 1 is 1.05 bits per heavy atom. The number of hydrogen-bond donors (Lipinski definition) is 3. The van der Waals surface area contributed by atoms with Gasteiger partial charge in [0.05, 0.1) is 30.7 Å². The summed E-state index contributed by atoms with van der Waals surface area (Å²) in [6.45, 7) is 7.10. The van der Waals surface area contributed by atoms with Crippen molar-refractivity contribution in [2.45, 2.75) is 102 Å². The van der Waals surface area contributed by atoms with E-state index in [4.69, 9.17) is 54.8 Å². The lowest BCUT2D eigenvalue weighted by atomic mass is 9.55. The molecule has 3 N–H and O–H groups in total. The molecule has 0 bridgehead atoms. The number of allylic oxidation sites excluding steroid dienone is 1. The summed E-state index contributed by atoms with van der Waals surface area (Å²) in [4.78, 5) is 35.3. The maximum absolute atomic E-state index is 14.6. The van der Waals surface area contributed by atoms with E-state index in [2.05, 4.69) is 18.0 Å². The van der Waals surface area contributed by atoms with Gasteiger partial charge in [-0.1, -0.05) is 36.2 Å². The van der Waals surface area contributed by atoms with Crippen LogP contribution in [0.1, 0.15) is 88.2 Å². The van der Waals surface area contributed by atoms with Gasteiger partial charge in [0.15, 0.2) is 11.5 Å². The quantitative estimate of drug-likeness (QED) is 0.0516. The molecule has 16 heteroatoms. The third kappa shape index (κ3) is 10.1. The lowest BCUT2D eigenvalue weighted by Gasteiger charge is -2.59. The van der Waals surface area contributed by atoms with Crippen LogP contribution < -0.4 is 24.3 Å². The van der Waals surface area contributed by atoms with Crippen LogP contribution in [0.15, 0.2) is 65.9 Å². The number of fused-ring (bicyclic) bond motifs is 3. The molecule has 3 aliphatic heterocycles. The molecule has 0 spiro atoms. The number of alkyl halides is 1. The monoisotopic (exact) mass is 881 g/mol. The zero-order valence-corrected chi connectivity index (χ0v) is 36.2. The van der Waals surface area contributed by atoms with Crippen molar-refractivity contribution in [3.8, 4) is 23.0 Å². The fourth-order valence-electron chi connectivity index (χ4n) is 9.66. The molecule has 3 heterocycles. The van der Waals surface area contributed by atoms with E-state index in [1.54, 1.807) is 23.1 Å². The Morgan fingerprint density at radius 2 is 1.85 bits per heavy atom. The summed E-state index contributed by atoms with van der Waals surface area (Å²) in [5, 5.41) is 27.5. The predicted molar refractivity (Wildman–Crippen MR) is 230 cm³/mol. The number of carbonyl (C=O) groups excluding carboxylic acids is 2. The maximum Gasteiger partial charge on any atom is 0.412 e. The molecule has 0 radical (unpaired) electrons. The number of oxime groups is 1. The van der Waals surface area contributed by atoms with Crippen molar-refractivity contribution in [2.24, 2.45) is 22.9 Å². The van der Waals surface area contributed by atoms with Crippen LogP contribution >= 0.6 is 11.6 Å². The summed E-state index contributed by atoms with van der Waals surface area (Å²) in [5.74, 6) is -0.442. The van der Waals surface area contributed by atoms with Gasteiger partial charge >= 0.3 is 12.2 Å². The number of amides is 2. The topological polar surface area (TPSA) is 176 Å². The fraction of sp³-hybridized carbons (Fsp3) is 0.587. The number of halogens is 1. The van der Waals surface area contributed by atoms with Crippen molar-refractivity contribution in [3.63, 3.8) is 0 Å². The van der Waals surface area contributed by atoms with Crippen molar-refractivity contribution in [1.82, 2.24) is 10.2 Å². The molecule has 62 heavy (non-hydrogen) atoms. The molecule has 338 valence electrons. The van der Waals surface area contributed by atoms with Gasteiger partial charge in [0.25, 0.3) is 0 Å². The summed E-state index contributed by atoms with van der Waals surface area (Å²) in [5.41, 5.74) is 3.03. The van der Waals surface area contributed by atoms with Crippen molar-refractivity contribution in [2.75, 3.05) is 52.3 Å². The Morgan fingerprint density at radius 3 is 2.61 bits per heavy atom. The molecular weight excluding hydrogens is 822 g/mol. The number of aliphatic hydroxyl groups is 2. The van der Waals surface area contributed by atoms with Crippen molar-refractivity contribution in [3.05, 3.63) is 71.8 Å². The molecule has 15 nitrogen and oxygen atoms in total. The highest BCUT2D eigenvalue weighted by Crippen LogP contribution is 2.62. The first-order chi connectivity index (χ1) is 30.3. The summed E-state index contributed by atoms with van der Waals surface area (Å²) in [7, 11) is 0. The minimum atomic E-state index is -1.55. The molecular formula is C46H60ClN3O12. The number of carbonyl (C=O) groups is 2. The second-order valence-corrected chi connectivity index (χ2v) is 16.6. The second-order valence-electron chi connectivity index (χ2n) is 16.2. The first-order valence-corrected chi connectivity index (χ1v) is 22.6. The average molecular weight is 882 g/mol. The molecule has 1 saturated heterocycles. The summed E-state index contributed by atoms with van der Waals surface area (Å²) in [6.07, 6.45) is 9.14. The Labute approximate surface area is 368 Å². The first-order valence-electron chi connectivity index (χ1n) is 22.0. The number of rotatable bonds is 20. The van der Waals surface area contributed by atoms with Crippen LogP contribution in [-0.2, 0) is 25.6 Å². The predicted octanol–water partition coefficient (Wildman–Crippen LogP) is 7.56. The smallest absolute Gasteiger partial charge is 0.412 e. The molecule has 2 aliphatic carbocycles. The number of hydrogen-bond acceptors (Lipinski definition) is 13. The maximum atomic E-state index is 14.6. The second kappa shape index (κ2) is 21.7. The van der Waals surface area contributed by atoms with Crippen molar-refractivity contribution < 1.29 is 57.8 Å². The normalized spacial score (nSPS) is 26.3. The van der Waals surface area contributed by atoms with Crippen LogP contribution in [0, 0.1) is 17.8 Å². The van der Waals surface area contributed by atoms with Gasteiger partial charge in [-0.2, -0.15) is 0 Å². The van der Waals surface area contributed by atoms with Crippen LogP contribution in [0.4, 0.5) is 9.59 Å².